The Morgan fingerprint density at radius 2 is 2.05 bits per heavy atom. The Hall–Kier alpha value is -3.02. The highest BCUT2D eigenvalue weighted by Gasteiger charge is 2.12. The summed E-state index contributed by atoms with van der Waals surface area (Å²) in [5, 5.41) is 10.7. The quantitative estimate of drug-likeness (QED) is 0.413. The van der Waals surface area contributed by atoms with Crippen LogP contribution in [0.15, 0.2) is 46.9 Å². The fourth-order valence-corrected chi connectivity index (χ4v) is 1.90. The molecule has 1 aromatic heterocycles. The molecule has 0 aliphatic heterocycles. The van der Waals surface area contributed by atoms with Crippen molar-refractivity contribution in [1.82, 2.24) is 4.98 Å². The molecule has 0 atom stereocenters. The molecule has 0 fully saturated rings. The molecule has 0 unspecified atom stereocenters. The summed E-state index contributed by atoms with van der Waals surface area (Å²) < 4.78 is 5.51. The lowest BCUT2D eigenvalue weighted by Gasteiger charge is -1.95. The van der Waals surface area contributed by atoms with Gasteiger partial charge in [0.1, 0.15) is 11.8 Å². The number of aromatic nitrogens is 1. The first-order chi connectivity index (χ1) is 9.67. The van der Waals surface area contributed by atoms with E-state index in [9.17, 15) is 14.9 Å². The van der Waals surface area contributed by atoms with Crippen molar-refractivity contribution in [2.24, 2.45) is 0 Å². The summed E-state index contributed by atoms with van der Waals surface area (Å²) in [7, 11) is 0. The maximum atomic E-state index is 10.8. The zero-order valence-corrected chi connectivity index (χ0v) is 10.1. The van der Waals surface area contributed by atoms with E-state index in [-0.39, 0.29) is 5.69 Å². The number of non-ortho nitro benzene ring substituents is 1. The van der Waals surface area contributed by atoms with Crippen LogP contribution in [0.1, 0.15) is 10.4 Å². The minimum absolute atomic E-state index is 0.0538. The van der Waals surface area contributed by atoms with Crippen molar-refractivity contribution < 1.29 is 14.1 Å². The Morgan fingerprint density at radius 1 is 1.20 bits per heavy atom. The van der Waals surface area contributed by atoms with Crippen LogP contribution in [0.25, 0.3) is 22.6 Å². The van der Waals surface area contributed by atoms with Gasteiger partial charge in [0.05, 0.1) is 11.0 Å². The Kier molecular flexibility index (Phi) is 2.76. The van der Waals surface area contributed by atoms with E-state index < -0.39 is 4.92 Å². The second-order valence-corrected chi connectivity index (χ2v) is 4.17. The van der Waals surface area contributed by atoms with Crippen molar-refractivity contribution in [3.63, 3.8) is 0 Å². The summed E-state index contributed by atoms with van der Waals surface area (Å²) in [5.41, 5.74) is 1.97. The van der Waals surface area contributed by atoms with Gasteiger partial charge < -0.3 is 4.42 Å². The average molecular weight is 268 g/mol. The van der Waals surface area contributed by atoms with Crippen LogP contribution in [0.2, 0.25) is 0 Å². The van der Waals surface area contributed by atoms with Crippen LogP contribution in [0.5, 0.6) is 0 Å². The molecule has 0 saturated heterocycles. The summed E-state index contributed by atoms with van der Waals surface area (Å²) in [6.45, 7) is 0. The molecular weight excluding hydrogens is 260 g/mol. The lowest BCUT2D eigenvalue weighted by Crippen LogP contribution is -1.86. The van der Waals surface area contributed by atoms with E-state index in [0.29, 0.717) is 28.1 Å². The minimum Gasteiger partial charge on any atom is -0.436 e. The second-order valence-electron chi connectivity index (χ2n) is 4.17. The van der Waals surface area contributed by atoms with E-state index >= 15 is 0 Å². The highest BCUT2D eigenvalue weighted by molar-refractivity contribution is 5.81. The fourth-order valence-electron chi connectivity index (χ4n) is 1.90. The molecule has 0 saturated carbocycles. The van der Waals surface area contributed by atoms with E-state index in [1.165, 1.54) is 18.2 Å². The van der Waals surface area contributed by atoms with Crippen molar-refractivity contribution in [2.75, 3.05) is 0 Å². The number of fused-ring (bicyclic) bond motifs is 1. The Balaban J connectivity index is 2.12. The van der Waals surface area contributed by atoms with Crippen molar-refractivity contribution in [3.8, 4) is 11.5 Å². The van der Waals surface area contributed by atoms with Crippen molar-refractivity contribution in [1.29, 1.82) is 0 Å². The molecule has 0 amide bonds. The van der Waals surface area contributed by atoms with Gasteiger partial charge in [-0.1, -0.05) is 12.1 Å². The van der Waals surface area contributed by atoms with Crippen LogP contribution in [-0.2, 0) is 0 Å². The number of carbonyl (C=O) groups is 1. The second kappa shape index (κ2) is 4.58. The maximum absolute atomic E-state index is 10.8. The van der Waals surface area contributed by atoms with Gasteiger partial charge in [0.15, 0.2) is 5.58 Å². The number of hydrogen-bond acceptors (Lipinski definition) is 5. The fraction of sp³-hybridized carbons (Fsp3) is 0. The normalized spacial score (nSPS) is 10.6. The number of rotatable bonds is 3. The molecule has 3 rings (SSSR count). The Morgan fingerprint density at radius 3 is 2.80 bits per heavy atom. The predicted molar refractivity (Wildman–Crippen MR) is 71.5 cm³/mol. The highest BCUT2D eigenvalue weighted by atomic mass is 16.6. The van der Waals surface area contributed by atoms with Crippen LogP contribution in [0.4, 0.5) is 5.69 Å². The summed E-state index contributed by atoms with van der Waals surface area (Å²) >= 11 is 0. The number of carbonyl (C=O) groups excluding carboxylic acids is 1. The van der Waals surface area contributed by atoms with Gasteiger partial charge in [-0.25, -0.2) is 4.98 Å². The van der Waals surface area contributed by atoms with Gasteiger partial charge in [-0.3, -0.25) is 14.9 Å². The van der Waals surface area contributed by atoms with Crippen LogP contribution in [-0.4, -0.2) is 16.2 Å². The topological polar surface area (TPSA) is 86.2 Å². The third kappa shape index (κ3) is 2.03. The van der Waals surface area contributed by atoms with Gasteiger partial charge in [0.25, 0.3) is 5.69 Å². The molecule has 98 valence electrons. The van der Waals surface area contributed by atoms with E-state index in [1.54, 1.807) is 24.3 Å². The third-order valence-corrected chi connectivity index (χ3v) is 2.85. The van der Waals surface area contributed by atoms with Gasteiger partial charge >= 0.3 is 0 Å². The van der Waals surface area contributed by atoms with Gasteiger partial charge in [0, 0.05) is 17.2 Å². The summed E-state index contributed by atoms with van der Waals surface area (Å²) in [5.74, 6) is 0.323. The largest absolute Gasteiger partial charge is 0.436 e. The zero-order chi connectivity index (χ0) is 14.1. The maximum Gasteiger partial charge on any atom is 0.273 e. The predicted octanol–water partition coefficient (Wildman–Crippen LogP) is 3.22. The number of hydrogen-bond donors (Lipinski definition) is 0. The monoisotopic (exact) mass is 268 g/mol. The SMILES string of the molecule is O=Cc1cccc(-c2nc3ccc([N+](=O)[O-])cc3o2)c1. The summed E-state index contributed by atoms with van der Waals surface area (Å²) in [4.78, 5) is 25.2. The van der Waals surface area contributed by atoms with E-state index in [2.05, 4.69) is 4.98 Å². The molecule has 6 nitrogen and oxygen atoms in total. The number of nitro benzene ring substituents is 1. The lowest BCUT2D eigenvalue weighted by molar-refractivity contribution is -0.384. The minimum atomic E-state index is -0.491. The number of benzene rings is 2. The Bertz CT molecular complexity index is 823. The first-order valence-corrected chi connectivity index (χ1v) is 5.78. The summed E-state index contributed by atoms with van der Waals surface area (Å²) in [6, 6.07) is 11.0. The van der Waals surface area contributed by atoms with Crippen LogP contribution < -0.4 is 0 Å². The standard InChI is InChI=1S/C14H8N2O4/c17-8-9-2-1-3-10(6-9)14-15-12-5-4-11(16(18)19)7-13(12)20-14/h1-8H. The third-order valence-electron chi connectivity index (χ3n) is 2.85. The van der Waals surface area contributed by atoms with Gasteiger partial charge in [-0.15, -0.1) is 0 Å². The Labute approximate surface area is 112 Å². The molecule has 0 N–H and O–H groups in total. The number of oxazole rings is 1. The molecule has 0 aliphatic carbocycles. The molecule has 20 heavy (non-hydrogen) atoms. The highest BCUT2D eigenvalue weighted by Crippen LogP contribution is 2.27. The van der Waals surface area contributed by atoms with Crippen LogP contribution in [0, 0.1) is 10.1 Å². The van der Waals surface area contributed by atoms with Gasteiger partial charge in [-0.2, -0.15) is 0 Å². The van der Waals surface area contributed by atoms with Crippen molar-refractivity contribution in [2.45, 2.75) is 0 Å². The molecule has 0 aliphatic rings. The van der Waals surface area contributed by atoms with Gasteiger partial charge in [-0.05, 0) is 18.2 Å². The van der Waals surface area contributed by atoms with Crippen molar-refractivity contribution in [3.05, 3.63) is 58.1 Å². The van der Waals surface area contributed by atoms with Crippen LogP contribution in [0.3, 0.4) is 0 Å². The number of nitro groups is 1. The molecular formula is C14H8N2O4. The van der Waals surface area contributed by atoms with Crippen LogP contribution >= 0.6 is 0 Å². The molecule has 0 spiro atoms. The van der Waals surface area contributed by atoms with E-state index in [1.807, 2.05) is 0 Å². The van der Waals surface area contributed by atoms with E-state index in [0.717, 1.165) is 6.29 Å². The molecule has 1 heterocycles. The lowest BCUT2D eigenvalue weighted by atomic mass is 10.1. The number of nitrogens with zero attached hydrogens (tertiary/aromatic N) is 2. The molecule has 3 aromatic rings. The van der Waals surface area contributed by atoms with Crippen molar-refractivity contribution >= 4 is 23.1 Å². The first-order valence-electron chi connectivity index (χ1n) is 5.78. The number of aldehydes is 1. The molecule has 2 aromatic carbocycles. The molecule has 6 heteroatoms. The summed E-state index contributed by atoms with van der Waals surface area (Å²) in [6.07, 6.45) is 0.733. The first kappa shape index (κ1) is 12.0. The van der Waals surface area contributed by atoms with Gasteiger partial charge in [0.2, 0.25) is 5.89 Å². The van der Waals surface area contributed by atoms with E-state index in [4.69, 9.17) is 4.42 Å². The zero-order valence-electron chi connectivity index (χ0n) is 10.1. The average Bonchev–Trinajstić information content (AvgIpc) is 2.90. The smallest absolute Gasteiger partial charge is 0.273 e. The molecule has 0 radical (unpaired) electrons. The molecule has 0 bridgehead atoms.